The van der Waals surface area contributed by atoms with Gasteiger partial charge in [-0.2, -0.15) is 0 Å². The van der Waals surface area contributed by atoms with Crippen molar-refractivity contribution in [2.45, 2.75) is 27.2 Å². The van der Waals surface area contributed by atoms with Gasteiger partial charge in [0.1, 0.15) is 6.29 Å². The molecule has 2 heteroatoms. The van der Waals surface area contributed by atoms with Gasteiger partial charge in [-0.25, -0.2) is 0 Å². The Hall–Kier alpha value is -1.15. The lowest BCUT2D eigenvalue weighted by Crippen LogP contribution is -1.98. The van der Waals surface area contributed by atoms with Gasteiger partial charge in [0.2, 0.25) is 0 Å². The van der Waals surface area contributed by atoms with Gasteiger partial charge in [-0.15, -0.1) is 11.3 Å². The molecule has 0 saturated heterocycles. The van der Waals surface area contributed by atoms with Gasteiger partial charge in [0.05, 0.1) is 0 Å². The summed E-state index contributed by atoms with van der Waals surface area (Å²) in [7, 11) is 0. The highest BCUT2D eigenvalue weighted by Gasteiger charge is 2.05. The topological polar surface area (TPSA) is 17.1 Å². The van der Waals surface area contributed by atoms with E-state index in [4.69, 9.17) is 0 Å². The predicted molar refractivity (Wildman–Crippen MR) is 72.1 cm³/mol. The highest BCUT2D eigenvalue weighted by atomic mass is 32.1. The molecular formula is C14H18OS. The molecule has 0 fully saturated rings. The minimum absolute atomic E-state index is 0.128. The maximum absolute atomic E-state index is 10.5. The fourth-order valence-corrected chi connectivity index (χ4v) is 2.71. The molecule has 0 bridgehead atoms. The van der Waals surface area contributed by atoms with E-state index in [0.29, 0.717) is 0 Å². The highest BCUT2D eigenvalue weighted by molar-refractivity contribution is 7.19. The molecule has 1 unspecified atom stereocenters. The van der Waals surface area contributed by atoms with Crippen LogP contribution in [0.5, 0.6) is 0 Å². The molecule has 0 spiro atoms. The van der Waals surface area contributed by atoms with E-state index < -0.39 is 0 Å². The number of rotatable bonds is 3. The van der Waals surface area contributed by atoms with Crippen molar-refractivity contribution >= 4 is 27.7 Å². The Bertz CT molecular complexity index is 412. The first-order valence-electron chi connectivity index (χ1n) is 5.72. The summed E-state index contributed by atoms with van der Waals surface area (Å²) in [6.45, 7) is 5.96. The minimum Gasteiger partial charge on any atom is -0.303 e. The van der Waals surface area contributed by atoms with Crippen LogP contribution < -0.4 is 0 Å². The van der Waals surface area contributed by atoms with Crippen LogP contribution in [-0.4, -0.2) is 6.29 Å². The van der Waals surface area contributed by atoms with E-state index in [0.717, 1.165) is 12.7 Å². The lowest BCUT2D eigenvalue weighted by Gasteiger charge is -1.97. The monoisotopic (exact) mass is 234 g/mol. The van der Waals surface area contributed by atoms with Crippen molar-refractivity contribution in [3.8, 4) is 0 Å². The number of carbonyl (C=O) groups excluding carboxylic acids is 1. The van der Waals surface area contributed by atoms with E-state index in [1.165, 1.54) is 15.0 Å². The molecular weight excluding hydrogens is 216 g/mol. The van der Waals surface area contributed by atoms with E-state index in [-0.39, 0.29) is 5.92 Å². The zero-order valence-electron chi connectivity index (χ0n) is 10.1. The van der Waals surface area contributed by atoms with Gasteiger partial charge in [-0.3, -0.25) is 0 Å². The lowest BCUT2D eigenvalue weighted by molar-refractivity contribution is -0.110. The van der Waals surface area contributed by atoms with Crippen molar-refractivity contribution in [3.63, 3.8) is 0 Å². The first-order chi connectivity index (χ1) is 7.79. The van der Waals surface area contributed by atoms with Crippen molar-refractivity contribution in [1.29, 1.82) is 0 Å². The van der Waals surface area contributed by atoms with Crippen molar-refractivity contribution in [3.05, 3.63) is 35.2 Å². The second kappa shape index (κ2) is 6.44. The van der Waals surface area contributed by atoms with Crippen molar-refractivity contribution in [2.24, 2.45) is 5.92 Å². The molecule has 0 aliphatic rings. The number of hydrogen-bond donors (Lipinski definition) is 0. The largest absolute Gasteiger partial charge is 0.303 e. The summed E-state index contributed by atoms with van der Waals surface area (Å²) in [6.07, 6.45) is 1.88. The molecule has 0 amide bonds. The highest BCUT2D eigenvalue weighted by Crippen LogP contribution is 2.26. The Morgan fingerprint density at radius 2 is 2.00 bits per heavy atom. The summed E-state index contributed by atoms with van der Waals surface area (Å²) in [4.78, 5) is 11.8. The van der Waals surface area contributed by atoms with E-state index in [1.54, 1.807) is 11.3 Å². The molecule has 0 aliphatic heterocycles. The molecule has 1 aromatic heterocycles. The third kappa shape index (κ3) is 3.17. The van der Waals surface area contributed by atoms with Crippen molar-refractivity contribution < 1.29 is 4.79 Å². The standard InChI is InChI=1S/C12H12OS.C2H6/c1-9(8-13)6-11-7-10-4-2-3-5-12(10)14-11;1-2/h2-5,7-9H,6H2,1H3;1-2H3. The van der Waals surface area contributed by atoms with Gasteiger partial charge in [0.15, 0.2) is 0 Å². The Morgan fingerprint density at radius 3 is 2.62 bits per heavy atom. The Balaban J connectivity index is 0.000000606. The number of thiophene rings is 1. The van der Waals surface area contributed by atoms with E-state index in [9.17, 15) is 4.79 Å². The molecule has 1 aromatic carbocycles. The van der Waals surface area contributed by atoms with Gasteiger partial charge >= 0.3 is 0 Å². The fourth-order valence-electron chi connectivity index (χ4n) is 1.50. The molecule has 0 aliphatic carbocycles. The number of fused-ring (bicyclic) bond motifs is 1. The fraction of sp³-hybridized carbons (Fsp3) is 0.357. The van der Waals surface area contributed by atoms with Crippen LogP contribution in [0.2, 0.25) is 0 Å². The molecule has 86 valence electrons. The molecule has 2 aromatic rings. The number of aldehydes is 1. The zero-order valence-corrected chi connectivity index (χ0v) is 10.9. The Morgan fingerprint density at radius 1 is 1.31 bits per heavy atom. The first kappa shape index (κ1) is 12.9. The molecule has 0 N–H and O–H groups in total. The van der Waals surface area contributed by atoms with Crippen molar-refractivity contribution in [1.82, 2.24) is 0 Å². The van der Waals surface area contributed by atoms with Crippen LogP contribution in [0.4, 0.5) is 0 Å². The average molecular weight is 234 g/mol. The smallest absolute Gasteiger partial charge is 0.123 e. The average Bonchev–Trinajstić information content (AvgIpc) is 2.73. The summed E-state index contributed by atoms with van der Waals surface area (Å²) >= 11 is 1.78. The van der Waals surface area contributed by atoms with Gasteiger partial charge in [-0.05, 0) is 23.9 Å². The molecule has 0 saturated carbocycles. The normalized spacial score (nSPS) is 11.7. The summed E-state index contributed by atoms with van der Waals surface area (Å²) in [5.41, 5.74) is 0. The molecule has 16 heavy (non-hydrogen) atoms. The van der Waals surface area contributed by atoms with E-state index >= 15 is 0 Å². The first-order valence-corrected chi connectivity index (χ1v) is 6.54. The van der Waals surface area contributed by atoms with Crippen LogP contribution in [0.25, 0.3) is 10.1 Å². The minimum atomic E-state index is 0.128. The van der Waals surface area contributed by atoms with Crippen LogP contribution in [-0.2, 0) is 11.2 Å². The second-order valence-corrected chi connectivity index (χ2v) is 4.74. The maximum Gasteiger partial charge on any atom is 0.123 e. The number of hydrogen-bond acceptors (Lipinski definition) is 2. The summed E-state index contributed by atoms with van der Waals surface area (Å²) < 4.78 is 1.31. The lowest BCUT2D eigenvalue weighted by atomic mass is 10.1. The van der Waals surface area contributed by atoms with Crippen LogP contribution in [0.15, 0.2) is 30.3 Å². The van der Waals surface area contributed by atoms with E-state index in [2.05, 4.69) is 18.2 Å². The van der Waals surface area contributed by atoms with Crippen LogP contribution in [0, 0.1) is 5.92 Å². The van der Waals surface area contributed by atoms with Crippen LogP contribution in [0.3, 0.4) is 0 Å². The molecule has 2 rings (SSSR count). The third-order valence-electron chi connectivity index (χ3n) is 2.23. The summed E-state index contributed by atoms with van der Waals surface area (Å²) in [5, 5.41) is 1.28. The van der Waals surface area contributed by atoms with Gasteiger partial charge in [0.25, 0.3) is 0 Å². The second-order valence-electron chi connectivity index (χ2n) is 3.57. The Kier molecular flexibility index (Phi) is 5.20. The van der Waals surface area contributed by atoms with Gasteiger partial charge in [0, 0.05) is 15.5 Å². The molecule has 1 atom stereocenters. The van der Waals surface area contributed by atoms with Gasteiger partial charge in [-0.1, -0.05) is 39.0 Å². The van der Waals surface area contributed by atoms with Gasteiger partial charge < -0.3 is 4.79 Å². The molecule has 1 nitrogen and oxygen atoms in total. The SMILES string of the molecule is CC.CC(C=O)Cc1cc2ccccc2s1. The molecule has 0 radical (unpaired) electrons. The number of benzene rings is 1. The third-order valence-corrected chi connectivity index (χ3v) is 3.37. The van der Waals surface area contributed by atoms with Crippen molar-refractivity contribution in [2.75, 3.05) is 0 Å². The maximum atomic E-state index is 10.5. The predicted octanol–water partition coefficient (Wildman–Crippen LogP) is 4.31. The van der Waals surface area contributed by atoms with Crippen LogP contribution in [0.1, 0.15) is 25.6 Å². The Labute approximate surface area is 101 Å². The summed E-state index contributed by atoms with van der Waals surface area (Å²) in [5.74, 6) is 0.128. The number of carbonyl (C=O) groups is 1. The zero-order chi connectivity index (χ0) is 12.0. The quantitative estimate of drug-likeness (QED) is 0.723. The molecule has 1 heterocycles. The van der Waals surface area contributed by atoms with Crippen LogP contribution >= 0.6 is 11.3 Å². The summed E-state index contributed by atoms with van der Waals surface area (Å²) in [6, 6.07) is 10.5. The van der Waals surface area contributed by atoms with E-state index in [1.807, 2.05) is 32.9 Å².